The molecule has 252 valence electrons. The Morgan fingerprint density at radius 3 is 1.31 bits per heavy atom. The normalized spacial score (nSPS) is 11.5. The fourth-order valence-corrected chi connectivity index (χ4v) is 9.03. The van der Waals surface area contributed by atoms with Gasteiger partial charge in [0.05, 0.1) is 11.0 Å². The van der Waals surface area contributed by atoms with Gasteiger partial charge in [-0.2, -0.15) is 0 Å². The first-order valence-electron chi connectivity index (χ1n) is 19.4. The van der Waals surface area contributed by atoms with Crippen LogP contribution in [0.5, 0.6) is 0 Å². The summed E-state index contributed by atoms with van der Waals surface area (Å²) >= 11 is 0. The van der Waals surface area contributed by atoms with Crippen molar-refractivity contribution in [1.82, 2.24) is 9.55 Å². The molecule has 0 spiro atoms. The van der Waals surface area contributed by atoms with Crippen LogP contribution >= 0.6 is 0 Å². The van der Waals surface area contributed by atoms with Gasteiger partial charge in [0.15, 0.2) is 0 Å². The smallest absolute Gasteiger partial charge is 0.145 e. The number of rotatable bonds is 5. The Labute approximate surface area is 331 Å². The van der Waals surface area contributed by atoms with Gasteiger partial charge in [-0.25, -0.2) is 4.98 Å². The number of nitrogens with zero attached hydrogens (tertiary/aromatic N) is 2. The highest BCUT2D eigenvalue weighted by atomic mass is 15.1. The van der Waals surface area contributed by atoms with Crippen LogP contribution in [0.25, 0.3) is 83.0 Å². The summed E-state index contributed by atoms with van der Waals surface area (Å²) < 4.78 is 2.34. The summed E-state index contributed by atoms with van der Waals surface area (Å²) in [5.41, 5.74) is 22.7. The lowest BCUT2D eigenvalue weighted by atomic mass is 9.59. The fraction of sp³-hybridized carbons (Fsp3) is 0. The van der Waals surface area contributed by atoms with E-state index in [0.29, 0.717) is 0 Å². The number of hydrogen-bond acceptors (Lipinski definition) is 1. The second-order valence-electron chi connectivity index (χ2n) is 15.4. The summed E-state index contributed by atoms with van der Waals surface area (Å²) in [6, 6.07) is 48.2. The van der Waals surface area contributed by atoms with E-state index in [1.165, 1.54) is 98.6 Å². The first-order chi connectivity index (χ1) is 26.7. The number of para-hydroxylation sites is 2. The van der Waals surface area contributed by atoms with Gasteiger partial charge in [0.25, 0.3) is 0 Å². The quantitative estimate of drug-likeness (QED) is 0.152. The van der Waals surface area contributed by atoms with Crippen molar-refractivity contribution in [3.63, 3.8) is 0 Å². The molecule has 8 aromatic carbocycles. The lowest BCUT2D eigenvalue weighted by molar-refractivity contribution is 1.10. The number of hydrogen-bond donors (Lipinski definition) is 0. The minimum Gasteiger partial charge on any atom is -0.292 e. The molecule has 0 bridgehead atoms. The number of fused-ring (bicyclic) bond motifs is 3. The van der Waals surface area contributed by atoms with E-state index in [1.54, 1.807) is 0 Å². The third-order valence-electron chi connectivity index (χ3n) is 12.6. The van der Waals surface area contributed by atoms with Gasteiger partial charge in [-0.3, -0.25) is 4.57 Å². The minimum absolute atomic E-state index is 0.944. The van der Waals surface area contributed by atoms with Crippen LogP contribution in [0.1, 0.15) is 0 Å². The van der Waals surface area contributed by atoms with Gasteiger partial charge in [0, 0.05) is 11.3 Å². The van der Waals surface area contributed by atoms with Gasteiger partial charge >= 0.3 is 0 Å². The molecular formula is C45H38B8N2. The largest absolute Gasteiger partial charge is 0.292 e. The van der Waals surface area contributed by atoms with Crippen LogP contribution in [-0.2, 0) is 0 Å². The molecule has 2 nitrogen and oxygen atoms in total. The molecule has 9 aromatic rings. The van der Waals surface area contributed by atoms with Crippen LogP contribution in [0.15, 0.2) is 133 Å². The highest BCUT2D eigenvalue weighted by Gasteiger charge is 2.25. The molecule has 0 atom stereocenters. The van der Waals surface area contributed by atoms with Crippen molar-refractivity contribution < 1.29 is 0 Å². The van der Waals surface area contributed by atoms with Crippen molar-refractivity contribution in [3.8, 4) is 50.5 Å². The maximum atomic E-state index is 5.19. The van der Waals surface area contributed by atoms with E-state index in [0.717, 1.165) is 28.1 Å². The molecule has 9 rings (SSSR count). The summed E-state index contributed by atoms with van der Waals surface area (Å²) in [5, 5.41) is 5.39. The highest BCUT2D eigenvalue weighted by molar-refractivity contribution is 6.71. The Morgan fingerprint density at radius 2 is 0.764 bits per heavy atom. The molecule has 0 radical (unpaired) electrons. The maximum absolute atomic E-state index is 5.19. The zero-order valence-electron chi connectivity index (χ0n) is 33.1. The van der Waals surface area contributed by atoms with Crippen LogP contribution < -0.4 is 43.7 Å². The molecule has 55 heavy (non-hydrogen) atoms. The Hall–Kier alpha value is -5.73. The van der Waals surface area contributed by atoms with Crippen molar-refractivity contribution >= 4 is 139 Å². The Morgan fingerprint density at radius 1 is 0.345 bits per heavy atom. The van der Waals surface area contributed by atoms with Crippen LogP contribution in [0.3, 0.4) is 0 Å². The zero-order valence-corrected chi connectivity index (χ0v) is 33.1. The number of aromatic nitrogens is 2. The first kappa shape index (κ1) is 35.0. The molecule has 10 heteroatoms. The topological polar surface area (TPSA) is 17.8 Å². The second kappa shape index (κ2) is 13.5. The molecule has 0 aliphatic rings. The Balaban J connectivity index is 1.42. The van der Waals surface area contributed by atoms with Gasteiger partial charge in [-0.15, -0.1) is 21.9 Å². The fourth-order valence-electron chi connectivity index (χ4n) is 9.03. The van der Waals surface area contributed by atoms with E-state index in [9.17, 15) is 0 Å². The highest BCUT2D eigenvalue weighted by Crippen LogP contribution is 2.42. The molecule has 1 heterocycles. The van der Waals surface area contributed by atoms with Crippen molar-refractivity contribution in [3.05, 3.63) is 133 Å². The number of imidazole rings is 1. The third kappa shape index (κ3) is 5.48. The maximum Gasteiger partial charge on any atom is 0.145 e. The average molecular weight is 693 g/mol. The molecule has 0 amide bonds. The molecule has 0 N–H and O–H groups in total. The molecule has 0 unspecified atom stereocenters. The monoisotopic (exact) mass is 694 g/mol. The third-order valence-corrected chi connectivity index (χ3v) is 12.6. The molecule has 0 saturated heterocycles. The van der Waals surface area contributed by atoms with Crippen LogP contribution in [0, 0.1) is 0 Å². The SMILES string of the molecule is Bc1c(B)c(B)c2c(-c3cccc(-n4c(-c5ccccc5)nc5ccccc54)c3)c3c(B)c(B)c(B)c(B)c3c(-c3ccc(-c4ccccc4)cc3)c2c1B. The van der Waals surface area contributed by atoms with Crippen molar-refractivity contribution in [1.29, 1.82) is 0 Å². The van der Waals surface area contributed by atoms with E-state index < -0.39 is 0 Å². The Kier molecular flexibility index (Phi) is 8.61. The van der Waals surface area contributed by atoms with Crippen molar-refractivity contribution in [2.75, 3.05) is 0 Å². The molecule has 0 saturated carbocycles. The molecule has 0 aliphatic heterocycles. The van der Waals surface area contributed by atoms with Gasteiger partial charge in [-0.05, 0) is 79.2 Å². The van der Waals surface area contributed by atoms with E-state index in [-0.39, 0.29) is 0 Å². The molecule has 0 fully saturated rings. The van der Waals surface area contributed by atoms with Gasteiger partial charge < -0.3 is 0 Å². The van der Waals surface area contributed by atoms with E-state index in [1.807, 2.05) is 0 Å². The van der Waals surface area contributed by atoms with Gasteiger partial charge in [0.1, 0.15) is 68.6 Å². The number of benzene rings is 8. The molecule has 1 aromatic heterocycles. The van der Waals surface area contributed by atoms with E-state index in [4.69, 9.17) is 4.98 Å². The standard InChI is InChI=1S/C45H38B8N2/c46-37-33-31(25-20-18-24(19-21-25)23-10-3-1-4-11-23)34-36(40(49)44(53)42(51)38(34)47)32(35(33)39(48)43(52)41(37)50)27-14-9-15-28(22-27)55-30-17-8-7-16-29(30)54-45(55)26-12-5-2-6-13-26/h1-22H,46-53H2. The Bertz CT molecular complexity index is 2920. The summed E-state index contributed by atoms with van der Waals surface area (Å²) in [6.45, 7) is 0. The summed E-state index contributed by atoms with van der Waals surface area (Å²) in [6.07, 6.45) is 0. The van der Waals surface area contributed by atoms with Crippen LogP contribution in [-0.4, -0.2) is 72.3 Å². The summed E-state index contributed by atoms with van der Waals surface area (Å²) in [7, 11) is 18.6. The van der Waals surface area contributed by atoms with E-state index in [2.05, 4.69) is 201 Å². The van der Waals surface area contributed by atoms with Crippen LogP contribution in [0.2, 0.25) is 0 Å². The first-order valence-corrected chi connectivity index (χ1v) is 19.4. The predicted molar refractivity (Wildman–Crippen MR) is 263 cm³/mol. The van der Waals surface area contributed by atoms with Crippen LogP contribution in [0.4, 0.5) is 0 Å². The van der Waals surface area contributed by atoms with Crippen molar-refractivity contribution in [2.45, 2.75) is 0 Å². The molecule has 0 aliphatic carbocycles. The zero-order chi connectivity index (χ0) is 38.1. The summed E-state index contributed by atoms with van der Waals surface area (Å²) in [4.78, 5) is 5.19. The average Bonchev–Trinajstić information content (AvgIpc) is 3.63. The molecular weight excluding hydrogens is 655 g/mol. The summed E-state index contributed by atoms with van der Waals surface area (Å²) in [5.74, 6) is 0.944. The van der Waals surface area contributed by atoms with Gasteiger partial charge in [0.2, 0.25) is 0 Å². The predicted octanol–water partition coefficient (Wildman–Crippen LogP) is -1.93. The van der Waals surface area contributed by atoms with Gasteiger partial charge in [-0.1, -0.05) is 131 Å². The van der Waals surface area contributed by atoms with Crippen molar-refractivity contribution in [2.24, 2.45) is 0 Å². The lowest BCUT2D eigenvalue weighted by Gasteiger charge is -2.28. The second-order valence-corrected chi connectivity index (χ2v) is 15.4. The minimum atomic E-state index is 0.944. The lowest BCUT2D eigenvalue weighted by Crippen LogP contribution is -2.50. The van der Waals surface area contributed by atoms with E-state index >= 15 is 0 Å².